The van der Waals surface area contributed by atoms with Gasteiger partial charge in [0, 0.05) is 14.1 Å². The first-order valence-electron chi connectivity index (χ1n) is 6.14. The van der Waals surface area contributed by atoms with Crippen molar-refractivity contribution >= 4 is 23.9 Å². The first-order chi connectivity index (χ1) is 9.10. The molecule has 0 unspecified atom stereocenters. The van der Waals surface area contributed by atoms with Crippen LogP contribution >= 0.6 is 0 Å². The van der Waals surface area contributed by atoms with Crippen LogP contribution in [0.5, 0.6) is 0 Å². The lowest BCUT2D eigenvalue weighted by Gasteiger charge is -2.27. The Morgan fingerprint density at radius 1 is 1.00 bits per heavy atom. The maximum absolute atomic E-state index is 12.3. The van der Waals surface area contributed by atoms with Crippen molar-refractivity contribution in [3.8, 4) is 0 Å². The lowest BCUT2D eigenvalue weighted by molar-refractivity contribution is -0.133. The number of carbonyl (C=O) groups is 4. The molecule has 2 aliphatic rings. The van der Waals surface area contributed by atoms with Crippen molar-refractivity contribution in [2.45, 2.75) is 26.3 Å². The molecule has 0 aromatic carbocycles. The smallest absolute Gasteiger partial charge is 0.318 e. The molecule has 20 heavy (non-hydrogen) atoms. The molecule has 0 bridgehead atoms. The van der Waals surface area contributed by atoms with Gasteiger partial charge in [0.15, 0.2) is 6.17 Å². The number of amides is 6. The summed E-state index contributed by atoms with van der Waals surface area (Å²) in [4.78, 5) is 52.5. The summed E-state index contributed by atoms with van der Waals surface area (Å²) in [7, 11) is 2.99. The zero-order valence-corrected chi connectivity index (χ0v) is 12.1. The average molecular weight is 281 g/mol. The van der Waals surface area contributed by atoms with E-state index in [4.69, 9.17) is 0 Å². The third kappa shape index (κ3) is 1.67. The van der Waals surface area contributed by atoms with Gasteiger partial charge in [0.25, 0.3) is 11.8 Å². The minimum atomic E-state index is -1.00. The summed E-state index contributed by atoms with van der Waals surface area (Å²) >= 11 is 0. The number of carbonyl (C=O) groups excluding carboxylic acids is 4. The van der Waals surface area contributed by atoms with Gasteiger partial charge in [-0.05, 0) is 20.8 Å². The van der Waals surface area contributed by atoms with Crippen LogP contribution in [0.15, 0.2) is 0 Å². The van der Waals surface area contributed by atoms with E-state index in [1.807, 2.05) is 0 Å². The molecule has 2 saturated heterocycles. The monoisotopic (exact) mass is 281 g/mol. The number of likely N-dealkylation sites (N-methyl/N-ethyl adjacent to an activating group) is 2. The van der Waals surface area contributed by atoms with Gasteiger partial charge in [0.2, 0.25) is 0 Å². The average Bonchev–Trinajstić information content (AvgIpc) is 2.68. The molecule has 2 aliphatic heterocycles. The van der Waals surface area contributed by atoms with Crippen LogP contribution in [0.1, 0.15) is 20.8 Å². The van der Waals surface area contributed by atoms with E-state index in [1.165, 1.54) is 30.8 Å². The molecule has 109 valence electrons. The molecule has 0 saturated carbocycles. The van der Waals surface area contributed by atoms with Crippen LogP contribution in [0.3, 0.4) is 0 Å². The van der Waals surface area contributed by atoms with E-state index < -0.39 is 29.4 Å². The molecule has 0 aromatic heterocycles. The fourth-order valence-electron chi connectivity index (χ4n) is 2.22. The van der Waals surface area contributed by atoms with Gasteiger partial charge in [-0.15, -0.1) is 0 Å². The molecule has 0 N–H and O–H groups in total. The lowest BCUT2D eigenvalue weighted by atomic mass is 10.1. The molecule has 2 fully saturated rings. The van der Waals surface area contributed by atoms with Gasteiger partial charge in [0.05, 0.1) is 0 Å². The van der Waals surface area contributed by atoms with E-state index in [2.05, 4.69) is 0 Å². The van der Waals surface area contributed by atoms with E-state index in [-0.39, 0.29) is 12.7 Å². The van der Waals surface area contributed by atoms with Crippen LogP contribution in [-0.2, 0) is 9.59 Å². The van der Waals surface area contributed by atoms with Crippen molar-refractivity contribution < 1.29 is 19.2 Å². The molecule has 0 spiro atoms. The Morgan fingerprint density at radius 2 is 1.55 bits per heavy atom. The minimum absolute atomic E-state index is 0.0248. The molecule has 2 heterocycles. The summed E-state index contributed by atoms with van der Waals surface area (Å²) < 4.78 is 0. The van der Waals surface area contributed by atoms with Gasteiger partial charge in [-0.2, -0.15) is 0 Å². The fourth-order valence-corrected chi connectivity index (χ4v) is 2.22. The van der Waals surface area contributed by atoms with E-state index >= 15 is 0 Å². The SMILES string of the molecule is C[C](N1C(=O)CN(C)C1=O)N1C(=O)N(C)C(C)(C)C1=O. The van der Waals surface area contributed by atoms with Gasteiger partial charge >= 0.3 is 12.1 Å². The standard InChI is InChI=1S/C12H17N4O4/c1-7(15-8(17)6-13(4)10(15)19)16-9(18)12(2,3)14(5)11(16)20/h6H2,1-5H3. The van der Waals surface area contributed by atoms with E-state index in [1.54, 1.807) is 13.8 Å². The van der Waals surface area contributed by atoms with Crippen LogP contribution in [-0.4, -0.2) is 69.7 Å². The van der Waals surface area contributed by atoms with Crippen molar-refractivity contribution in [3.63, 3.8) is 0 Å². The third-order valence-corrected chi connectivity index (χ3v) is 3.83. The normalized spacial score (nSPS) is 22.9. The van der Waals surface area contributed by atoms with Crippen molar-refractivity contribution in [3.05, 3.63) is 6.17 Å². The molecule has 2 rings (SSSR count). The maximum Gasteiger partial charge on any atom is 0.329 e. The highest BCUT2D eigenvalue weighted by molar-refractivity contribution is 6.10. The molecule has 8 heteroatoms. The molecule has 0 aliphatic carbocycles. The highest BCUT2D eigenvalue weighted by atomic mass is 16.2. The van der Waals surface area contributed by atoms with Crippen LogP contribution in [0.2, 0.25) is 0 Å². The lowest BCUT2D eigenvalue weighted by Crippen LogP contribution is -2.47. The summed E-state index contributed by atoms with van der Waals surface area (Å²) in [5, 5.41) is 0. The number of hydrogen-bond acceptors (Lipinski definition) is 4. The predicted molar refractivity (Wildman–Crippen MR) is 67.9 cm³/mol. The fraction of sp³-hybridized carbons (Fsp3) is 0.583. The van der Waals surface area contributed by atoms with Gasteiger partial charge in [-0.3, -0.25) is 9.59 Å². The summed E-state index contributed by atoms with van der Waals surface area (Å²) in [5.74, 6) is -0.916. The Hall–Kier alpha value is -2.12. The van der Waals surface area contributed by atoms with Crippen LogP contribution in [0.25, 0.3) is 0 Å². The molecule has 8 nitrogen and oxygen atoms in total. The first-order valence-corrected chi connectivity index (χ1v) is 6.14. The zero-order valence-electron chi connectivity index (χ0n) is 12.1. The zero-order chi connectivity index (χ0) is 15.4. The number of nitrogens with zero attached hydrogens (tertiary/aromatic N) is 4. The summed E-state index contributed by atoms with van der Waals surface area (Å²) in [6.07, 6.45) is 0.0248. The van der Waals surface area contributed by atoms with Crippen LogP contribution in [0, 0.1) is 6.17 Å². The molecular formula is C12H17N4O4. The Kier molecular flexibility index (Phi) is 2.99. The van der Waals surface area contributed by atoms with Crippen LogP contribution < -0.4 is 0 Å². The van der Waals surface area contributed by atoms with Gasteiger partial charge in [-0.1, -0.05) is 0 Å². The summed E-state index contributed by atoms with van der Waals surface area (Å²) in [6, 6.07) is -1.09. The highest BCUT2D eigenvalue weighted by Crippen LogP contribution is 2.32. The van der Waals surface area contributed by atoms with Crippen molar-refractivity contribution in [2.75, 3.05) is 20.6 Å². The molecular weight excluding hydrogens is 264 g/mol. The van der Waals surface area contributed by atoms with Gasteiger partial charge in [0.1, 0.15) is 12.1 Å². The predicted octanol–water partition coefficient (Wildman–Crippen LogP) is 0.0624. The van der Waals surface area contributed by atoms with E-state index in [0.29, 0.717) is 0 Å². The summed E-state index contributed by atoms with van der Waals surface area (Å²) in [6.45, 7) is 4.58. The molecule has 1 radical (unpaired) electrons. The van der Waals surface area contributed by atoms with Crippen molar-refractivity contribution in [1.29, 1.82) is 0 Å². The third-order valence-electron chi connectivity index (χ3n) is 3.83. The second-order valence-corrected chi connectivity index (χ2v) is 5.46. The Bertz CT molecular complexity index is 516. The Balaban J connectivity index is 2.33. The molecule has 0 aromatic rings. The Labute approximate surface area is 116 Å². The van der Waals surface area contributed by atoms with Crippen LogP contribution in [0.4, 0.5) is 9.59 Å². The highest BCUT2D eigenvalue weighted by Gasteiger charge is 2.54. The second kappa shape index (κ2) is 4.19. The van der Waals surface area contributed by atoms with Crippen molar-refractivity contribution in [2.24, 2.45) is 0 Å². The van der Waals surface area contributed by atoms with Gasteiger partial charge in [-0.25, -0.2) is 19.4 Å². The van der Waals surface area contributed by atoms with Gasteiger partial charge < -0.3 is 9.80 Å². The quantitative estimate of drug-likeness (QED) is 0.670. The molecule has 0 atom stereocenters. The summed E-state index contributed by atoms with van der Waals surface area (Å²) in [5.41, 5.74) is -1.00. The number of imide groups is 2. The Morgan fingerprint density at radius 3 is 1.90 bits per heavy atom. The second-order valence-electron chi connectivity index (χ2n) is 5.46. The topological polar surface area (TPSA) is 81.2 Å². The van der Waals surface area contributed by atoms with E-state index in [9.17, 15) is 19.2 Å². The largest absolute Gasteiger partial charge is 0.329 e. The number of urea groups is 2. The number of hydrogen-bond donors (Lipinski definition) is 0. The van der Waals surface area contributed by atoms with Crippen molar-refractivity contribution in [1.82, 2.24) is 19.6 Å². The van der Waals surface area contributed by atoms with E-state index in [0.717, 1.165) is 9.80 Å². The number of rotatable bonds is 2. The first kappa shape index (κ1) is 14.3. The molecule has 6 amide bonds. The maximum atomic E-state index is 12.3. The minimum Gasteiger partial charge on any atom is -0.318 e.